The Morgan fingerprint density at radius 2 is 1.72 bits per heavy atom. The van der Waals surface area contributed by atoms with E-state index in [2.05, 4.69) is 47.7 Å². The second-order valence-electron chi connectivity index (χ2n) is 10.4. The third-order valence-electron chi connectivity index (χ3n) is 6.23. The molecule has 0 N–H and O–H groups in total. The van der Waals surface area contributed by atoms with Crippen LogP contribution in [0.4, 0.5) is 0 Å². The van der Waals surface area contributed by atoms with Crippen LogP contribution in [-0.2, 0) is 23.1 Å². The Kier molecular flexibility index (Phi) is 8.56. The Hall–Kier alpha value is -3.43. The molecule has 6 nitrogen and oxygen atoms in total. The summed E-state index contributed by atoms with van der Waals surface area (Å²) in [7, 11) is 0. The summed E-state index contributed by atoms with van der Waals surface area (Å²) < 4.78 is 11.2. The van der Waals surface area contributed by atoms with Crippen molar-refractivity contribution in [1.82, 2.24) is 15.0 Å². The minimum Gasteiger partial charge on any atom is -0.476 e. The molecule has 0 aliphatic carbocycles. The molecule has 188 valence electrons. The molecule has 3 heterocycles. The summed E-state index contributed by atoms with van der Waals surface area (Å²) >= 11 is 0. The number of ketones is 1. The lowest BCUT2D eigenvalue weighted by molar-refractivity contribution is -0.117. The first-order valence-electron chi connectivity index (χ1n) is 12.8. The summed E-state index contributed by atoms with van der Waals surface area (Å²) in [5, 5.41) is 4.04. The molecule has 0 radical (unpaired) electrons. The Morgan fingerprint density at radius 1 is 1.00 bits per heavy atom. The van der Waals surface area contributed by atoms with Gasteiger partial charge in [0.05, 0.1) is 12.1 Å². The van der Waals surface area contributed by atoms with Crippen molar-refractivity contribution in [2.75, 3.05) is 26.2 Å². The van der Waals surface area contributed by atoms with Gasteiger partial charge in [0.25, 0.3) is 0 Å². The van der Waals surface area contributed by atoms with Crippen LogP contribution in [0.15, 0.2) is 53.2 Å². The van der Waals surface area contributed by atoms with Gasteiger partial charge >= 0.3 is 0 Å². The summed E-state index contributed by atoms with van der Waals surface area (Å²) in [5.41, 5.74) is 3.24. The maximum Gasteiger partial charge on any atom is 0.213 e. The number of hydrogen-bond donors (Lipinski definition) is 0. The van der Waals surface area contributed by atoms with Crippen molar-refractivity contribution in [1.29, 1.82) is 0 Å². The van der Waals surface area contributed by atoms with Crippen molar-refractivity contribution < 1.29 is 14.1 Å². The van der Waals surface area contributed by atoms with E-state index in [0.29, 0.717) is 24.6 Å². The monoisotopic (exact) mass is 485 g/mol. The molecule has 0 spiro atoms. The van der Waals surface area contributed by atoms with Crippen LogP contribution in [0.5, 0.6) is 5.88 Å². The van der Waals surface area contributed by atoms with Crippen LogP contribution in [-0.4, -0.2) is 47.1 Å². The molecule has 1 aliphatic heterocycles. The topological polar surface area (TPSA) is 68.5 Å². The van der Waals surface area contributed by atoms with Crippen molar-refractivity contribution >= 4 is 5.78 Å². The van der Waals surface area contributed by atoms with Gasteiger partial charge in [-0.25, -0.2) is 4.98 Å². The molecule has 4 rings (SSSR count). The SMILES string of the molecule is CC(C)(C)c1cc(CC(=O)Cc2ccc(C#Cc3ccc(OCCN4CCCCC4)nc3)cc2)no1. The molecule has 0 bridgehead atoms. The lowest BCUT2D eigenvalue weighted by Gasteiger charge is -2.25. The number of aromatic nitrogens is 2. The van der Waals surface area contributed by atoms with Gasteiger partial charge in [0.2, 0.25) is 5.88 Å². The Morgan fingerprint density at radius 3 is 2.39 bits per heavy atom. The number of pyridine rings is 1. The smallest absolute Gasteiger partial charge is 0.213 e. The molecule has 6 heteroatoms. The van der Waals surface area contributed by atoms with Gasteiger partial charge in [0, 0.05) is 47.8 Å². The number of piperidine rings is 1. The zero-order valence-corrected chi connectivity index (χ0v) is 21.5. The van der Waals surface area contributed by atoms with E-state index in [9.17, 15) is 4.79 Å². The number of likely N-dealkylation sites (tertiary alicyclic amines) is 1. The minimum absolute atomic E-state index is 0.104. The molecule has 0 amide bonds. The van der Waals surface area contributed by atoms with Gasteiger partial charge in [-0.15, -0.1) is 0 Å². The number of benzene rings is 1. The predicted molar refractivity (Wildman–Crippen MR) is 140 cm³/mol. The Balaban J connectivity index is 1.24. The average molecular weight is 486 g/mol. The molecular formula is C30H35N3O3. The van der Waals surface area contributed by atoms with Crippen LogP contribution in [0.1, 0.15) is 68.2 Å². The average Bonchev–Trinajstić information content (AvgIpc) is 3.34. The van der Waals surface area contributed by atoms with Crippen molar-refractivity contribution in [3.8, 4) is 17.7 Å². The number of nitrogens with zero attached hydrogens (tertiary/aromatic N) is 3. The Bertz CT molecular complexity index is 1190. The highest BCUT2D eigenvalue weighted by Crippen LogP contribution is 2.23. The van der Waals surface area contributed by atoms with Crippen LogP contribution in [0.2, 0.25) is 0 Å². The molecule has 1 aromatic carbocycles. The highest BCUT2D eigenvalue weighted by atomic mass is 16.5. The fourth-order valence-corrected chi connectivity index (χ4v) is 4.09. The molecule has 36 heavy (non-hydrogen) atoms. The fraction of sp³-hybridized carbons (Fsp3) is 0.433. The van der Waals surface area contributed by atoms with E-state index in [0.717, 1.165) is 29.0 Å². The Labute approximate surface area is 214 Å². The molecule has 1 saturated heterocycles. The second-order valence-corrected chi connectivity index (χ2v) is 10.4. The molecule has 0 atom stereocenters. The number of carbonyl (C=O) groups is 1. The predicted octanol–water partition coefficient (Wildman–Crippen LogP) is 4.99. The molecule has 1 aliphatic rings. The molecule has 0 unspecified atom stereocenters. The van der Waals surface area contributed by atoms with E-state index in [4.69, 9.17) is 9.26 Å². The number of rotatable bonds is 8. The fourth-order valence-electron chi connectivity index (χ4n) is 4.09. The summed E-state index contributed by atoms with van der Waals surface area (Å²) in [6, 6.07) is 13.4. The van der Waals surface area contributed by atoms with E-state index in [1.165, 1.54) is 32.4 Å². The lowest BCUT2D eigenvalue weighted by Crippen LogP contribution is -2.33. The zero-order chi connectivity index (χ0) is 25.4. The summed E-state index contributed by atoms with van der Waals surface area (Å²) in [5.74, 6) is 7.83. The van der Waals surface area contributed by atoms with Crippen molar-refractivity contribution in [3.05, 3.63) is 76.8 Å². The summed E-state index contributed by atoms with van der Waals surface area (Å²) in [6.07, 6.45) is 6.28. The first kappa shape index (κ1) is 25.7. The van der Waals surface area contributed by atoms with E-state index in [-0.39, 0.29) is 17.6 Å². The van der Waals surface area contributed by atoms with Gasteiger partial charge < -0.3 is 9.26 Å². The number of carbonyl (C=O) groups excluding carboxylic acids is 1. The molecule has 1 fully saturated rings. The lowest BCUT2D eigenvalue weighted by atomic mass is 9.93. The van der Waals surface area contributed by atoms with Crippen molar-refractivity contribution in [2.24, 2.45) is 0 Å². The maximum absolute atomic E-state index is 12.5. The van der Waals surface area contributed by atoms with Crippen LogP contribution in [0, 0.1) is 11.8 Å². The maximum atomic E-state index is 12.5. The van der Waals surface area contributed by atoms with Crippen LogP contribution < -0.4 is 4.74 Å². The third-order valence-corrected chi connectivity index (χ3v) is 6.23. The van der Waals surface area contributed by atoms with Crippen LogP contribution in [0.25, 0.3) is 0 Å². The van der Waals surface area contributed by atoms with Gasteiger partial charge in [-0.3, -0.25) is 9.69 Å². The normalized spacial score (nSPS) is 14.2. The van der Waals surface area contributed by atoms with Crippen molar-refractivity contribution in [3.63, 3.8) is 0 Å². The summed E-state index contributed by atoms with van der Waals surface area (Å²) in [6.45, 7) is 10.1. The van der Waals surface area contributed by atoms with E-state index >= 15 is 0 Å². The highest BCUT2D eigenvalue weighted by Gasteiger charge is 2.20. The van der Waals surface area contributed by atoms with Gasteiger partial charge in [-0.05, 0) is 49.7 Å². The van der Waals surface area contributed by atoms with Crippen LogP contribution >= 0.6 is 0 Å². The standard InChI is InChI=1S/C30H35N3O3/c1-30(2,3)28-21-26(32-36-28)20-27(34)19-24-10-7-23(8-11-24)9-12-25-13-14-29(31-22-25)35-18-17-33-15-5-4-6-16-33/h7-8,10-11,13-14,21-22H,4-6,15-20H2,1-3H3. The number of Topliss-reactive ketones (excluding diaryl/α,β-unsaturated/α-hetero) is 1. The van der Waals surface area contributed by atoms with Gasteiger partial charge in [-0.2, -0.15) is 0 Å². The van der Waals surface area contributed by atoms with Crippen molar-refractivity contribution in [2.45, 2.75) is 58.3 Å². The first-order valence-corrected chi connectivity index (χ1v) is 12.8. The third kappa shape index (κ3) is 7.79. The van der Waals surface area contributed by atoms with E-state index in [1.807, 2.05) is 42.5 Å². The second kappa shape index (κ2) is 12.0. The summed E-state index contributed by atoms with van der Waals surface area (Å²) in [4.78, 5) is 19.3. The molecular weight excluding hydrogens is 450 g/mol. The molecule has 0 saturated carbocycles. The van der Waals surface area contributed by atoms with Gasteiger partial charge in [-0.1, -0.05) is 56.3 Å². The zero-order valence-electron chi connectivity index (χ0n) is 21.5. The quantitative estimate of drug-likeness (QED) is 0.419. The molecule has 3 aromatic rings. The largest absolute Gasteiger partial charge is 0.476 e. The number of hydrogen-bond acceptors (Lipinski definition) is 6. The minimum atomic E-state index is -0.121. The van der Waals surface area contributed by atoms with E-state index < -0.39 is 0 Å². The van der Waals surface area contributed by atoms with E-state index in [1.54, 1.807) is 6.20 Å². The molecule has 2 aromatic heterocycles. The van der Waals surface area contributed by atoms with Crippen LogP contribution in [0.3, 0.4) is 0 Å². The number of ether oxygens (including phenoxy) is 1. The van der Waals surface area contributed by atoms with Gasteiger partial charge in [0.15, 0.2) is 0 Å². The first-order chi connectivity index (χ1) is 17.3. The highest BCUT2D eigenvalue weighted by molar-refractivity contribution is 5.82. The van der Waals surface area contributed by atoms with Gasteiger partial charge in [0.1, 0.15) is 18.2 Å².